The molecule has 3 aromatic heterocycles. The van der Waals surface area contributed by atoms with Crippen molar-refractivity contribution in [1.29, 1.82) is 5.26 Å². The molecule has 4 aromatic rings. The molecule has 0 atom stereocenters. The standard InChI is InChI=1S/C27H22N6O4S/c1-15-9-18(19-10-16(11-28)6-7-22(19)36-2)20(12-30-15)24(34)32-27-31-21-13-33(14-23(21)38-27)26(35)17-5-4-8-29-25(17)37-3/h4-10,12H,13-14H2,1-3H3,(H,31,32,34). The molecule has 190 valence electrons. The molecule has 2 amide bonds. The van der Waals surface area contributed by atoms with E-state index < -0.39 is 5.91 Å². The summed E-state index contributed by atoms with van der Waals surface area (Å²) >= 11 is 1.32. The van der Waals surface area contributed by atoms with Crippen LogP contribution in [-0.4, -0.2) is 45.9 Å². The van der Waals surface area contributed by atoms with Crippen LogP contribution in [0, 0.1) is 18.3 Å². The van der Waals surface area contributed by atoms with E-state index in [0.29, 0.717) is 57.5 Å². The molecular formula is C27H22N6O4S. The fraction of sp³-hybridized carbons (Fsp3) is 0.185. The number of benzene rings is 1. The molecule has 1 aliphatic rings. The number of aryl methyl sites for hydroxylation is 1. The lowest BCUT2D eigenvalue weighted by atomic mass is 9.97. The van der Waals surface area contributed by atoms with E-state index in [9.17, 15) is 14.9 Å². The summed E-state index contributed by atoms with van der Waals surface area (Å²) in [7, 11) is 3.01. The van der Waals surface area contributed by atoms with Gasteiger partial charge in [-0.2, -0.15) is 5.26 Å². The fourth-order valence-electron chi connectivity index (χ4n) is 4.24. The van der Waals surface area contributed by atoms with Gasteiger partial charge in [-0.25, -0.2) is 9.97 Å². The van der Waals surface area contributed by atoms with Crippen molar-refractivity contribution in [3.8, 4) is 28.8 Å². The number of rotatable bonds is 6. The molecular weight excluding hydrogens is 504 g/mol. The van der Waals surface area contributed by atoms with E-state index in [-0.39, 0.29) is 11.8 Å². The van der Waals surface area contributed by atoms with Crippen LogP contribution in [0.1, 0.15) is 42.5 Å². The maximum Gasteiger partial charge on any atom is 0.260 e. The van der Waals surface area contributed by atoms with Crippen molar-refractivity contribution >= 4 is 28.3 Å². The maximum absolute atomic E-state index is 13.4. The Hall–Kier alpha value is -4.82. The zero-order chi connectivity index (χ0) is 26.8. The molecule has 4 heterocycles. The molecule has 0 saturated carbocycles. The minimum absolute atomic E-state index is 0.199. The molecule has 0 aliphatic carbocycles. The number of methoxy groups -OCH3 is 2. The number of nitrogens with zero attached hydrogens (tertiary/aromatic N) is 5. The number of nitrogens with one attached hydrogen (secondary N) is 1. The van der Waals surface area contributed by atoms with Crippen LogP contribution in [0.3, 0.4) is 0 Å². The van der Waals surface area contributed by atoms with Crippen LogP contribution in [0.25, 0.3) is 11.1 Å². The number of nitriles is 1. The van der Waals surface area contributed by atoms with Crippen LogP contribution in [0.2, 0.25) is 0 Å². The Morgan fingerprint density at radius 3 is 2.66 bits per heavy atom. The van der Waals surface area contributed by atoms with Crippen molar-refractivity contribution < 1.29 is 19.1 Å². The van der Waals surface area contributed by atoms with Crippen molar-refractivity contribution in [2.24, 2.45) is 0 Å². The SMILES string of the molecule is COc1ccc(C#N)cc1-c1cc(C)ncc1C(=O)Nc1nc2c(s1)CN(C(=O)c1cccnc1OC)C2. The van der Waals surface area contributed by atoms with Gasteiger partial charge < -0.3 is 14.4 Å². The monoisotopic (exact) mass is 526 g/mol. The van der Waals surface area contributed by atoms with Gasteiger partial charge in [-0.15, -0.1) is 0 Å². The second-order valence-corrected chi connectivity index (χ2v) is 9.55. The fourth-order valence-corrected chi connectivity index (χ4v) is 5.22. The van der Waals surface area contributed by atoms with Gasteiger partial charge in [0.1, 0.15) is 11.3 Å². The molecule has 0 bridgehead atoms. The Bertz CT molecular complexity index is 1590. The van der Waals surface area contributed by atoms with Gasteiger partial charge in [0.25, 0.3) is 11.8 Å². The molecule has 38 heavy (non-hydrogen) atoms. The molecule has 10 nitrogen and oxygen atoms in total. The van der Waals surface area contributed by atoms with Crippen LogP contribution >= 0.6 is 11.3 Å². The number of hydrogen-bond acceptors (Lipinski definition) is 9. The Labute approximate surface area is 222 Å². The second-order valence-electron chi connectivity index (χ2n) is 8.46. The number of amides is 2. The van der Waals surface area contributed by atoms with E-state index in [0.717, 1.165) is 10.6 Å². The van der Waals surface area contributed by atoms with E-state index in [1.54, 1.807) is 47.5 Å². The number of carbonyl (C=O) groups is 2. The van der Waals surface area contributed by atoms with Crippen molar-refractivity contribution in [3.05, 3.63) is 81.7 Å². The molecule has 11 heteroatoms. The molecule has 0 spiro atoms. The van der Waals surface area contributed by atoms with Crippen LogP contribution in [0.15, 0.2) is 48.8 Å². The molecule has 0 saturated heterocycles. The van der Waals surface area contributed by atoms with Crippen LogP contribution in [0.5, 0.6) is 11.6 Å². The Morgan fingerprint density at radius 1 is 1.08 bits per heavy atom. The van der Waals surface area contributed by atoms with Crippen molar-refractivity contribution in [2.45, 2.75) is 20.0 Å². The lowest BCUT2D eigenvalue weighted by Crippen LogP contribution is -2.26. The van der Waals surface area contributed by atoms with E-state index in [1.165, 1.54) is 31.8 Å². The summed E-state index contributed by atoms with van der Waals surface area (Å²) in [6, 6.07) is 12.3. The minimum atomic E-state index is -0.391. The van der Waals surface area contributed by atoms with Crippen LogP contribution in [0.4, 0.5) is 5.13 Å². The number of ether oxygens (including phenoxy) is 2. The lowest BCUT2D eigenvalue weighted by Gasteiger charge is -2.16. The van der Waals surface area contributed by atoms with Gasteiger partial charge in [0.2, 0.25) is 5.88 Å². The first-order chi connectivity index (χ1) is 18.4. The molecule has 5 rings (SSSR count). The molecule has 1 N–H and O–H groups in total. The first-order valence-electron chi connectivity index (χ1n) is 11.5. The number of anilines is 1. The number of hydrogen-bond donors (Lipinski definition) is 1. The van der Waals surface area contributed by atoms with Crippen LogP contribution < -0.4 is 14.8 Å². The predicted molar refractivity (Wildman–Crippen MR) is 140 cm³/mol. The van der Waals surface area contributed by atoms with Crippen molar-refractivity contribution in [2.75, 3.05) is 19.5 Å². The summed E-state index contributed by atoms with van der Waals surface area (Å²) in [5.41, 5.74) is 3.80. The molecule has 0 fully saturated rings. The highest BCUT2D eigenvalue weighted by Crippen LogP contribution is 2.36. The zero-order valence-corrected chi connectivity index (χ0v) is 21.6. The Kier molecular flexibility index (Phi) is 6.72. The number of fused-ring (bicyclic) bond motifs is 1. The average Bonchev–Trinajstić information content (AvgIpc) is 3.51. The quantitative estimate of drug-likeness (QED) is 0.396. The van der Waals surface area contributed by atoms with E-state index in [4.69, 9.17) is 9.47 Å². The smallest absolute Gasteiger partial charge is 0.260 e. The summed E-state index contributed by atoms with van der Waals surface area (Å²) in [4.78, 5) is 41.9. The molecule has 1 aliphatic heterocycles. The highest BCUT2D eigenvalue weighted by atomic mass is 32.1. The number of aromatic nitrogens is 3. The molecule has 0 unspecified atom stereocenters. The van der Waals surface area contributed by atoms with Gasteiger partial charge in [-0.3, -0.25) is 19.9 Å². The van der Waals surface area contributed by atoms with Gasteiger partial charge in [0.15, 0.2) is 5.13 Å². The third-order valence-corrected chi connectivity index (χ3v) is 7.06. The topological polar surface area (TPSA) is 130 Å². The molecule has 1 aromatic carbocycles. The van der Waals surface area contributed by atoms with Crippen LogP contribution in [-0.2, 0) is 13.1 Å². The first-order valence-corrected chi connectivity index (χ1v) is 12.4. The van der Waals surface area contributed by atoms with Gasteiger partial charge in [-0.05, 0) is 43.3 Å². The summed E-state index contributed by atoms with van der Waals surface area (Å²) in [6.45, 7) is 2.51. The second kappa shape index (κ2) is 10.3. The summed E-state index contributed by atoms with van der Waals surface area (Å²) in [5.74, 6) is 0.215. The normalized spacial score (nSPS) is 12.0. The number of carbonyl (C=O) groups excluding carboxylic acids is 2. The van der Waals surface area contributed by atoms with Gasteiger partial charge in [0, 0.05) is 29.2 Å². The minimum Gasteiger partial charge on any atom is -0.496 e. The van der Waals surface area contributed by atoms with E-state index in [2.05, 4.69) is 26.3 Å². The summed E-state index contributed by atoms with van der Waals surface area (Å²) in [5, 5.41) is 12.7. The highest BCUT2D eigenvalue weighted by Gasteiger charge is 2.30. The number of thiazole rings is 1. The Balaban J connectivity index is 1.37. The van der Waals surface area contributed by atoms with E-state index in [1.807, 2.05) is 6.92 Å². The highest BCUT2D eigenvalue weighted by molar-refractivity contribution is 7.16. The largest absolute Gasteiger partial charge is 0.496 e. The van der Waals surface area contributed by atoms with Crippen molar-refractivity contribution in [3.63, 3.8) is 0 Å². The van der Waals surface area contributed by atoms with E-state index >= 15 is 0 Å². The zero-order valence-electron chi connectivity index (χ0n) is 20.8. The average molecular weight is 527 g/mol. The van der Waals surface area contributed by atoms with Gasteiger partial charge in [0.05, 0.1) is 55.1 Å². The van der Waals surface area contributed by atoms with Gasteiger partial charge in [-0.1, -0.05) is 11.3 Å². The summed E-state index contributed by atoms with van der Waals surface area (Å²) in [6.07, 6.45) is 3.07. The van der Waals surface area contributed by atoms with Crippen molar-refractivity contribution in [1.82, 2.24) is 19.9 Å². The van der Waals surface area contributed by atoms with Gasteiger partial charge >= 0.3 is 0 Å². The predicted octanol–water partition coefficient (Wildman–Crippen LogP) is 4.21. The third kappa shape index (κ3) is 4.65. The first kappa shape index (κ1) is 24.9. The lowest BCUT2D eigenvalue weighted by molar-refractivity contribution is 0.0746. The third-order valence-electron chi connectivity index (χ3n) is 6.06. The Morgan fingerprint density at radius 2 is 1.92 bits per heavy atom. The summed E-state index contributed by atoms with van der Waals surface area (Å²) < 4.78 is 10.7. The number of pyridine rings is 2. The molecule has 0 radical (unpaired) electrons. The maximum atomic E-state index is 13.4.